The van der Waals surface area contributed by atoms with Gasteiger partial charge in [0.2, 0.25) is 0 Å². The normalized spacial score (nSPS) is 13.8. The molecular formula is C19H25NO. The molecule has 0 spiro atoms. The summed E-state index contributed by atoms with van der Waals surface area (Å²) < 4.78 is 0. The second-order valence-electron chi connectivity index (χ2n) is 6.33. The van der Waals surface area contributed by atoms with Crippen molar-refractivity contribution in [3.8, 4) is 0 Å². The molecule has 2 aromatic carbocycles. The van der Waals surface area contributed by atoms with Crippen molar-refractivity contribution in [2.75, 3.05) is 25.6 Å². The van der Waals surface area contributed by atoms with E-state index in [1.54, 1.807) is 0 Å². The molecule has 2 nitrogen and oxygen atoms in total. The fourth-order valence-corrected chi connectivity index (χ4v) is 2.63. The monoisotopic (exact) mass is 283 g/mol. The van der Waals surface area contributed by atoms with Gasteiger partial charge in [0.15, 0.2) is 0 Å². The summed E-state index contributed by atoms with van der Waals surface area (Å²) in [6, 6.07) is 17.0. The van der Waals surface area contributed by atoms with E-state index in [4.69, 9.17) is 0 Å². The zero-order valence-electron chi connectivity index (χ0n) is 13.4. The standard InChI is InChI=1S/C19H25NO/c1-15-6-5-7-17(12-15)19(2,14-21)13-16-8-10-18(11-9-16)20(3)4/h5-12,21H,13-14H2,1-4H3. The maximum atomic E-state index is 9.93. The predicted octanol–water partition coefficient (Wildman–Crippen LogP) is 3.55. The first-order valence-corrected chi connectivity index (χ1v) is 7.39. The number of aliphatic hydroxyl groups is 1. The molecule has 1 N–H and O–H groups in total. The topological polar surface area (TPSA) is 23.5 Å². The molecule has 2 rings (SSSR count). The van der Waals surface area contributed by atoms with Crippen LogP contribution in [0.3, 0.4) is 0 Å². The molecule has 0 saturated heterocycles. The molecule has 112 valence electrons. The summed E-state index contributed by atoms with van der Waals surface area (Å²) in [7, 11) is 4.08. The Labute approximate surface area is 128 Å². The quantitative estimate of drug-likeness (QED) is 0.907. The maximum Gasteiger partial charge on any atom is 0.0528 e. The average Bonchev–Trinajstić information content (AvgIpc) is 2.47. The molecule has 2 heteroatoms. The number of aliphatic hydroxyl groups excluding tert-OH is 1. The average molecular weight is 283 g/mol. The van der Waals surface area contributed by atoms with E-state index >= 15 is 0 Å². The van der Waals surface area contributed by atoms with Crippen LogP contribution in [0.5, 0.6) is 0 Å². The van der Waals surface area contributed by atoms with E-state index in [-0.39, 0.29) is 12.0 Å². The van der Waals surface area contributed by atoms with Crippen LogP contribution in [-0.4, -0.2) is 25.8 Å². The fraction of sp³-hybridized carbons (Fsp3) is 0.368. The summed E-state index contributed by atoms with van der Waals surface area (Å²) in [5, 5.41) is 9.93. The van der Waals surface area contributed by atoms with E-state index in [1.165, 1.54) is 22.4 Å². The maximum absolute atomic E-state index is 9.93. The van der Waals surface area contributed by atoms with Crippen molar-refractivity contribution in [2.24, 2.45) is 0 Å². The van der Waals surface area contributed by atoms with Gasteiger partial charge in [-0.25, -0.2) is 0 Å². The molecule has 21 heavy (non-hydrogen) atoms. The number of anilines is 1. The van der Waals surface area contributed by atoms with Crippen LogP contribution in [0.15, 0.2) is 48.5 Å². The van der Waals surface area contributed by atoms with E-state index in [0.29, 0.717) is 0 Å². The summed E-state index contributed by atoms with van der Waals surface area (Å²) in [5.74, 6) is 0. The van der Waals surface area contributed by atoms with Crippen LogP contribution in [0.25, 0.3) is 0 Å². The van der Waals surface area contributed by atoms with Crippen molar-refractivity contribution in [2.45, 2.75) is 25.7 Å². The lowest BCUT2D eigenvalue weighted by Crippen LogP contribution is -2.29. The molecule has 0 bridgehead atoms. The highest BCUT2D eigenvalue weighted by molar-refractivity contribution is 5.46. The molecule has 0 aliphatic carbocycles. The van der Waals surface area contributed by atoms with E-state index < -0.39 is 0 Å². The Hall–Kier alpha value is -1.80. The van der Waals surface area contributed by atoms with E-state index in [9.17, 15) is 5.11 Å². The Morgan fingerprint density at radius 2 is 1.71 bits per heavy atom. The highest BCUT2D eigenvalue weighted by atomic mass is 16.3. The lowest BCUT2D eigenvalue weighted by atomic mass is 9.77. The van der Waals surface area contributed by atoms with Crippen LogP contribution in [0.1, 0.15) is 23.6 Å². The summed E-state index contributed by atoms with van der Waals surface area (Å²) in [6.07, 6.45) is 0.834. The van der Waals surface area contributed by atoms with Gasteiger partial charge in [0.25, 0.3) is 0 Å². The third-order valence-electron chi connectivity index (χ3n) is 4.11. The van der Waals surface area contributed by atoms with Gasteiger partial charge in [0, 0.05) is 25.2 Å². The first kappa shape index (κ1) is 15.6. The van der Waals surface area contributed by atoms with Crippen LogP contribution < -0.4 is 4.90 Å². The van der Waals surface area contributed by atoms with Crippen LogP contribution in [0.4, 0.5) is 5.69 Å². The molecule has 0 aliphatic heterocycles. The second kappa shape index (κ2) is 6.31. The Kier molecular flexibility index (Phi) is 4.69. The second-order valence-corrected chi connectivity index (χ2v) is 6.33. The van der Waals surface area contributed by atoms with Crippen molar-refractivity contribution in [1.82, 2.24) is 0 Å². The molecule has 1 atom stereocenters. The predicted molar refractivity (Wildman–Crippen MR) is 90.1 cm³/mol. The van der Waals surface area contributed by atoms with Gasteiger partial charge in [-0.1, -0.05) is 48.9 Å². The van der Waals surface area contributed by atoms with Crippen molar-refractivity contribution in [3.63, 3.8) is 0 Å². The van der Waals surface area contributed by atoms with Crippen LogP contribution in [-0.2, 0) is 11.8 Å². The molecule has 0 amide bonds. The van der Waals surface area contributed by atoms with E-state index in [1.807, 2.05) is 14.1 Å². The van der Waals surface area contributed by atoms with Crippen molar-refractivity contribution >= 4 is 5.69 Å². The van der Waals surface area contributed by atoms with Gasteiger partial charge in [-0.05, 0) is 36.6 Å². The molecule has 0 fully saturated rings. The summed E-state index contributed by atoms with van der Waals surface area (Å²) in [5.41, 5.74) is 4.63. The lowest BCUT2D eigenvalue weighted by Gasteiger charge is -2.28. The first-order chi connectivity index (χ1) is 9.94. The Balaban J connectivity index is 2.25. The minimum Gasteiger partial charge on any atom is -0.395 e. The van der Waals surface area contributed by atoms with Crippen LogP contribution in [0, 0.1) is 6.92 Å². The van der Waals surface area contributed by atoms with Crippen molar-refractivity contribution in [3.05, 3.63) is 65.2 Å². The van der Waals surface area contributed by atoms with E-state index in [0.717, 1.165) is 6.42 Å². The molecule has 0 heterocycles. The van der Waals surface area contributed by atoms with Gasteiger partial charge in [0.05, 0.1) is 6.61 Å². The number of hydrogen-bond acceptors (Lipinski definition) is 2. The van der Waals surface area contributed by atoms with Crippen molar-refractivity contribution in [1.29, 1.82) is 0 Å². The molecular weight excluding hydrogens is 258 g/mol. The molecule has 1 unspecified atom stereocenters. The summed E-state index contributed by atoms with van der Waals surface area (Å²) in [4.78, 5) is 2.09. The van der Waals surface area contributed by atoms with Gasteiger partial charge in [-0.3, -0.25) is 0 Å². The smallest absolute Gasteiger partial charge is 0.0528 e. The van der Waals surface area contributed by atoms with Crippen molar-refractivity contribution < 1.29 is 5.11 Å². The highest BCUT2D eigenvalue weighted by Gasteiger charge is 2.26. The summed E-state index contributed by atoms with van der Waals surface area (Å²) in [6.45, 7) is 4.36. The summed E-state index contributed by atoms with van der Waals surface area (Å²) >= 11 is 0. The van der Waals surface area contributed by atoms with Gasteiger partial charge in [0.1, 0.15) is 0 Å². The largest absolute Gasteiger partial charge is 0.395 e. The van der Waals surface area contributed by atoms with Gasteiger partial charge >= 0.3 is 0 Å². The molecule has 2 aromatic rings. The van der Waals surface area contributed by atoms with Gasteiger partial charge < -0.3 is 10.0 Å². The van der Waals surface area contributed by atoms with Gasteiger partial charge in [-0.15, -0.1) is 0 Å². The zero-order valence-corrected chi connectivity index (χ0v) is 13.4. The van der Waals surface area contributed by atoms with Crippen LogP contribution >= 0.6 is 0 Å². The number of aryl methyl sites for hydroxylation is 1. The van der Waals surface area contributed by atoms with Crippen LogP contribution in [0.2, 0.25) is 0 Å². The first-order valence-electron chi connectivity index (χ1n) is 7.39. The SMILES string of the molecule is Cc1cccc(C(C)(CO)Cc2ccc(N(C)C)cc2)c1. The number of hydrogen-bond donors (Lipinski definition) is 1. The van der Waals surface area contributed by atoms with E-state index in [2.05, 4.69) is 67.3 Å². The Morgan fingerprint density at radius 1 is 1.05 bits per heavy atom. The Bertz CT molecular complexity index is 589. The number of nitrogens with zero attached hydrogens (tertiary/aromatic N) is 1. The third kappa shape index (κ3) is 3.64. The minimum absolute atomic E-state index is 0.145. The lowest BCUT2D eigenvalue weighted by molar-refractivity contribution is 0.204. The molecule has 0 aliphatic rings. The minimum atomic E-state index is -0.244. The molecule has 0 aromatic heterocycles. The number of rotatable bonds is 5. The zero-order chi connectivity index (χ0) is 15.5. The Morgan fingerprint density at radius 3 is 2.24 bits per heavy atom. The molecule has 0 saturated carbocycles. The highest BCUT2D eigenvalue weighted by Crippen LogP contribution is 2.29. The third-order valence-corrected chi connectivity index (χ3v) is 4.11. The fourth-order valence-electron chi connectivity index (χ4n) is 2.63. The van der Waals surface area contributed by atoms with Gasteiger partial charge in [-0.2, -0.15) is 0 Å². The molecule has 0 radical (unpaired) electrons. The number of benzene rings is 2.